The van der Waals surface area contributed by atoms with Crippen LogP contribution in [0, 0.1) is 5.82 Å². The normalized spacial score (nSPS) is 22.7. The molecule has 1 atom stereocenters. The van der Waals surface area contributed by atoms with E-state index in [9.17, 15) is 9.18 Å². The molecule has 1 aromatic carbocycles. The van der Waals surface area contributed by atoms with E-state index < -0.39 is 0 Å². The molecular weight excluding hydrogens is 291 g/mol. The molecule has 23 heavy (non-hydrogen) atoms. The largest absolute Gasteiger partial charge is 0.337 e. The monoisotopic (exact) mass is 318 g/mol. The number of likely N-dealkylation sites (tertiary alicyclic amines) is 1. The van der Waals surface area contributed by atoms with Gasteiger partial charge in [-0.25, -0.2) is 4.39 Å². The number of halogens is 1. The summed E-state index contributed by atoms with van der Waals surface area (Å²) in [4.78, 5) is 14.4. The second-order valence-corrected chi connectivity index (χ2v) is 6.88. The number of rotatable bonds is 6. The van der Waals surface area contributed by atoms with Gasteiger partial charge in [0.05, 0.1) is 0 Å². The van der Waals surface area contributed by atoms with Crippen molar-refractivity contribution < 1.29 is 9.18 Å². The number of nitrogens with one attached hydrogen (secondary N) is 1. The molecule has 1 N–H and O–H groups in total. The van der Waals surface area contributed by atoms with Gasteiger partial charge in [0.15, 0.2) is 0 Å². The van der Waals surface area contributed by atoms with Crippen molar-refractivity contribution >= 4 is 5.91 Å². The molecule has 1 aromatic rings. The molecule has 0 bridgehead atoms. The minimum atomic E-state index is -0.186. The Labute approximate surface area is 138 Å². The van der Waals surface area contributed by atoms with Crippen molar-refractivity contribution in [3.63, 3.8) is 0 Å². The van der Waals surface area contributed by atoms with Gasteiger partial charge < -0.3 is 10.2 Å². The van der Waals surface area contributed by atoms with E-state index in [1.807, 2.05) is 6.07 Å². The summed E-state index contributed by atoms with van der Waals surface area (Å²) in [6, 6.07) is 7.59. The number of nitrogens with zero attached hydrogens (tertiary/aromatic N) is 1. The minimum Gasteiger partial charge on any atom is -0.337 e. The summed E-state index contributed by atoms with van der Waals surface area (Å²) in [5.74, 6) is 0.168. The van der Waals surface area contributed by atoms with Gasteiger partial charge in [-0.15, -0.1) is 0 Å². The zero-order valence-corrected chi connectivity index (χ0v) is 13.8. The molecular formula is C19H27FN2O. The molecule has 1 amide bonds. The molecule has 1 saturated heterocycles. The molecule has 0 aromatic heterocycles. The van der Waals surface area contributed by atoms with Crippen LogP contribution in [0.5, 0.6) is 0 Å². The maximum absolute atomic E-state index is 13.2. The molecule has 4 heteroatoms. The van der Waals surface area contributed by atoms with Crippen molar-refractivity contribution in [2.75, 3.05) is 6.54 Å². The van der Waals surface area contributed by atoms with Gasteiger partial charge in [0.25, 0.3) is 0 Å². The number of hydrogen-bond acceptors (Lipinski definition) is 2. The van der Waals surface area contributed by atoms with Crippen molar-refractivity contribution in [1.29, 1.82) is 0 Å². The molecule has 0 radical (unpaired) electrons. The Hall–Kier alpha value is -1.42. The molecule has 2 fully saturated rings. The van der Waals surface area contributed by atoms with Crippen molar-refractivity contribution in [3.8, 4) is 0 Å². The first kappa shape index (κ1) is 16.4. The number of carbonyl (C=O) groups excluding carboxylic acids is 1. The van der Waals surface area contributed by atoms with Crippen molar-refractivity contribution in [3.05, 3.63) is 35.6 Å². The van der Waals surface area contributed by atoms with E-state index >= 15 is 0 Å². The fourth-order valence-electron chi connectivity index (χ4n) is 4.05. The number of amides is 1. The third-order valence-corrected chi connectivity index (χ3v) is 5.21. The summed E-state index contributed by atoms with van der Waals surface area (Å²) in [5.41, 5.74) is 0.969. The summed E-state index contributed by atoms with van der Waals surface area (Å²) in [6.07, 6.45) is 8.91. The van der Waals surface area contributed by atoms with E-state index in [1.54, 1.807) is 12.1 Å². The lowest BCUT2D eigenvalue weighted by Gasteiger charge is -2.36. The molecule has 1 aliphatic carbocycles. The topological polar surface area (TPSA) is 32.3 Å². The summed E-state index contributed by atoms with van der Waals surface area (Å²) >= 11 is 0. The van der Waals surface area contributed by atoms with Crippen molar-refractivity contribution in [2.45, 2.75) is 70.0 Å². The van der Waals surface area contributed by atoms with Crippen LogP contribution in [-0.2, 0) is 11.3 Å². The summed E-state index contributed by atoms with van der Waals surface area (Å²) < 4.78 is 13.2. The predicted molar refractivity (Wildman–Crippen MR) is 89.5 cm³/mol. The summed E-state index contributed by atoms with van der Waals surface area (Å²) in [6.45, 7) is 1.56. The number of hydrogen-bond donors (Lipinski definition) is 1. The van der Waals surface area contributed by atoms with Crippen molar-refractivity contribution in [2.24, 2.45) is 0 Å². The number of benzene rings is 1. The lowest BCUT2D eigenvalue weighted by molar-refractivity contribution is -0.132. The van der Waals surface area contributed by atoms with Gasteiger partial charge in [-0.3, -0.25) is 4.79 Å². The minimum absolute atomic E-state index is 0.186. The smallest absolute Gasteiger partial charge is 0.223 e. The quantitative estimate of drug-likeness (QED) is 0.812. The van der Waals surface area contributed by atoms with E-state index in [0.717, 1.165) is 24.9 Å². The maximum atomic E-state index is 13.2. The summed E-state index contributed by atoms with van der Waals surface area (Å²) in [5, 5.41) is 3.39. The van der Waals surface area contributed by atoms with Gasteiger partial charge in [0, 0.05) is 25.0 Å². The van der Waals surface area contributed by atoms with Crippen LogP contribution >= 0.6 is 0 Å². The highest BCUT2D eigenvalue weighted by Crippen LogP contribution is 2.31. The molecule has 0 spiro atoms. The van der Waals surface area contributed by atoms with Gasteiger partial charge in [0.2, 0.25) is 5.91 Å². The third-order valence-electron chi connectivity index (χ3n) is 5.21. The van der Waals surface area contributed by atoms with Gasteiger partial charge in [-0.2, -0.15) is 0 Å². The molecule has 2 aliphatic rings. The van der Waals surface area contributed by atoms with Crippen LogP contribution in [0.25, 0.3) is 0 Å². The maximum Gasteiger partial charge on any atom is 0.223 e. The molecule has 126 valence electrons. The molecule has 1 heterocycles. The fraction of sp³-hybridized carbons (Fsp3) is 0.632. The Morgan fingerprint density at radius 2 is 2.00 bits per heavy atom. The van der Waals surface area contributed by atoms with E-state index in [-0.39, 0.29) is 5.82 Å². The standard InChI is InChI=1S/C19H27FN2O/c20-16-6-4-5-15(13-16)14-21-12-11-18-9-10-19(23)22(18)17-7-2-1-3-8-17/h4-6,13,17-18,21H,1-3,7-12,14H2/t18-/m0/s1. The van der Waals surface area contributed by atoms with Crippen molar-refractivity contribution in [1.82, 2.24) is 10.2 Å². The van der Waals surface area contributed by atoms with Crippen LogP contribution in [0.4, 0.5) is 4.39 Å². The molecule has 0 unspecified atom stereocenters. The lowest BCUT2D eigenvalue weighted by atomic mass is 9.93. The van der Waals surface area contributed by atoms with E-state index in [1.165, 1.54) is 38.2 Å². The molecule has 1 saturated carbocycles. The Morgan fingerprint density at radius 3 is 2.78 bits per heavy atom. The van der Waals surface area contributed by atoms with Crippen LogP contribution < -0.4 is 5.32 Å². The second kappa shape index (κ2) is 7.91. The highest BCUT2D eigenvalue weighted by atomic mass is 19.1. The Morgan fingerprint density at radius 1 is 1.17 bits per heavy atom. The van der Waals surface area contributed by atoms with Crippen LogP contribution in [0.2, 0.25) is 0 Å². The highest BCUT2D eigenvalue weighted by molar-refractivity contribution is 5.79. The SMILES string of the molecule is O=C1CC[C@@H](CCNCc2cccc(F)c2)N1C1CCCCC1. The first-order chi connectivity index (χ1) is 11.2. The van der Waals surface area contributed by atoms with E-state index in [4.69, 9.17) is 0 Å². The highest BCUT2D eigenvalue weighted by Gasteiger charge is 2.35. The third kappa shape index (κ3) is 4.31. The molecule has 1 aliphatic heterocycles. The zero-order chi connectivity index (χ0) is 16.1. The first-order valence-electron chi connectivity index (χ1n) is 9.00. The first-order valence-corrected chi connectivity index (χ1v) is 9.00. The second-order valence-electron chi connectivity index (χ2n) is 6.88. The van der Waals surface area contributed by atoms with Gasteiger partial charge in [-0.1, -0.05) is 31.4 Å². The number of carbonyl (C=O) groups is 1. The Bertz CT molecular complexity index is 528. The van der Waals surface area contributed by atoms with Crippen LogP contribution in [0.1, 0.15) is 56.9 Å². The van der Waals surface area contributed by atoms with Gasteiger partial charge in [0.1, 0.15) is 5.82 Å². The zero-order valence-electron chi connectivity index (χ0n) is 13.8. The average molecular weight is 318 g/mol. The van der Waals surface area contributed by atoms with Crippen LogP contribution in [0.3, 0.4) is 0 Å². The summed E-state index contributed by atoms with van der Waals surface area (Å²) in [7, 11) is 0. The Kier molecular flexibility index (Phi) is 5.65. The predicted octanol–water partition coefficient (Wildman–Crippen LogP) is 3.63. The molecule has 3 rings (SSSR count). The lowest BCUT2D eigenvalue weighted by Crippen LogP contribution is -2.43. The van der Waals surface area contributed by atoms with E-state index in [2.05, 4.69) is 10.2 Å². The van der Waals surface area contributed by atoms with Gasteiger partial charge in [-0.05, 0) is 49.9 Å². The van der Waals surface area contributed by atoms with E-state index in [0.29, 0.717) is 31.0 Å². The molecule has 3 nitrogen and oxygen atoms in total. The fourth-order valence-corrected chi connectivity index (χ4v) is 4.05. The van der Waals surface area contributed by atoms with Crippen LogP contribution in [-0.4, -0.2) is 29.4 Å². The van der Waals surface area contributed by atoms with Crippen LogP contribution in [0.15, 0.2) is 24.3 Å². The van der Waals surface area contributed by atoms with Gasteiger partial charge >= 0.3 is 0 Å². The average Bonchev–Trinajstić information content (AvgIpc) is 2.93. The Balaban J connectivity index is 1.46.